The first-order chi connectivity index (χ1) is 9.57. The maximum atomic E-state index is 12.6. The van der Waals surface area contributed by atoms with Crippen molar-refractivity contribution in [3.63, 3.8) is 0 Å². The Labute approximate surface area is 118 Å². The molecule has 104 valence electrons. The number of ketones is 1. The summed E-state index contributed by atoms with van der Waals surface area (Å²) in [6.07, 6.45) is 3.83. The highest BCUT2D eigenvalue weighted by Gasteiger charge is 2.37. The highest BCUT2D eigenvalue weighted by Crippen LogP contribution is 2.32. The van der Waals surface area contributed by atoms with E-state index in [1.807, 2.05) is 41.1 Å². The van der Waals surface area contributed by atoms with Crippen LogP contribution in [-0.2, 0) is 4.74 Å². The van der Waals surface area contributed by atoms with Crippen molar-refractivity contribution < 1.29 is 9.53 Å². The van der Waals surface area contributed by atoms with Crippen molar-refractivity contribution in [1.29, 1.82) is 0 Å². The molecule has 1 aromatic carbocycles. The second kappa shape index (κ2) is 4.87. The second-order valence-electron chi connectivity index (χ2n) is 5.99. The van der Waals surface area contributed by atoms with Crippen LogP contribution in [0.25, 0.3) is 5.69 Å². The molecule has 0 amide bonds. The number of aromatic nitrogens is 2. The quantitative estimate of drug-likeness (QED) is 0.805. The first-order valence-electron chi connectivity index (χ1n) is 6.81. The standard InChI is InChI=1S/C16H18N2O2/c1-16(2)10-13(20-11-16)14(19)15-17-8-9-18(15)12-6-4-3-5-7-12/h3-9,13H,10-11H2,1-2H3/t13-/m1/s1. The molecular weight excluding hydrogens is 252 g/mol. The number of ether oxygens (including phenoxy) is 1. The maximum absolute atomic E-state index is 12.6. The third kappa shape index (κ3) is 2.39. The van der Waals surface area contributed by atoms with Gasteiger partial charge in [-0.05, 0) is 24.0 Å². The molecule has 0 bridgehead atoms. The van der Waals surface area contributed by atoms with Gasteiger partial charge in [-0.1, -0.05) is 32.0 Å². The fourth-order valence-corrected chi connectivity index (χ4v) is 2.54. The average Bonchev–Trinajstić information content (AvgIpc) is 3.05. The van der Waals surface area contributed by atoms with Crippen LogP contribution in [0.3, 0.4) is 0 Å². The molecule has 1 fully saturated rings. The summed E-state index contributed by atoms with van der Waals surface area (Å²) in [4.78, 5) is 16.8. The molecule has 3 rings (SSSR count). The van der Waals surface area contributed by atoms with Crippen molar-refractivity contribution in [2.24, 2.45) is 5.41 Å². The molecule has 4 nitrogen and oxygen atoms in total. The van der Waals surface area contributed by atoms with Gasteiger partial charge in [0.1, 0.15) is 6.10 Å². The van der Waals surface area contributed by atoms with Gasteiger partial charge in [-0.25, -0.2) is 4.98 Å². The van der Waals surface area contributed by atoms with Gasteiger partial charge < -0.3 is 4.74 Å². The SMILES string of the molecule is CC1(C)CO[C@@H](C(=O)c2nccn2-c2ccccc2)C1. The van der Waals surface area contributed by atoms with Crippen LogP contribution < -0.4 is 0 Å². The summed E-state index contributed by atoms with van der Waals surface area (Å²) >= 11 is 0. The first kappa shape index (κ1) is 13.1. The molecule has 0 saturated carbocycles. The molecule has 0 radical (unpaired) electrons. The van der Waals surface area contributed by atoms with Crippen LogP contribution in [0, 0.1) is 5.41 Å². The summed E-state index contributed by atoms with van der Waals surface area (Å²) in [5.74, 6) is 0.406. The number of imidazole rings is 1. The highest BCUT2D eigenvalue weighted by molar-refractivity contribution is 5.97. The number of rotatable bonds is 3. The van der Waals surface area contributed by atoms with Gasteiger partial charge in [0.15, 0.2) is 5.82 Å². The molecule has 2 heterocycles. The smallest absolute Gasteiger partial charge is 0.227 e. The zero-order valence-corrected chi connectivity index (χ0v) is 11.7. The van der Waals surface area contributed by atoms with E-state index in [9.17, 15) is 4.79 Å². The fraction of sp³-hybridized carbons (Fsp3) is 0.375. The number of nitrogens with zero attached hydrogens (tertiary/aromatic N) is 2. The molecule has 20 heavy (non-hydrogen) atoms. The van der Waals surface area contributed by atoms with Crippen LogP contribution >= 0.6 is 0 Å². The molecular formula is C16H18N2O2. The van der Waals surface area contributed by atoms with Crippen molar-refractivity contribution in [2.45, 2.75) is 26.4 Å². The van der Waals surface area contributed by atoms with E-state index < -0.39 is 0 Å². The van der Waals surface area contributed by atoms with Gasteiger partial charge in [0.2, 0.25) is 5.78 Å². The summed E-state index contributed by atoms with van der Waals surface area (Å²) < 4.78 is 7.46. The molecule has 0 unspecified atom stereocenters. The van der Waals surface area contributed by atoms with Gasteiger partial charge in [0.05, 0.1) is 6.61 Å². The van der Waals surface area contributed by atoms with Gasteiger partial charge in [0.25, 0.3) is 0 Å². The maximum Gasteiger partial charge on any atom is 0.227 e. The molecule has 0 N–H and O–H groups in total. The summed E-state index contributed by atoms with van der Waals surface area (Å²) in [7, 11) is 0. The van der Waals surface area contributed by atoms with Crippen LogP contribution in [0.2, 0.25) is 0 Å². The largest absolute Gasteiger partial charge is 0.369 e. The molecule has 1 aliphatic rings. The van der Waals surface area contributed by atoms with Crippen molar-refractivity contribution >= 4 is 5.78 Å². The van der Waals surface area contributed by atoms with Crippen molar-refractivity contribution in [1.82, 2.24) is 9.55 Å². The van der Waals surface area contributed by atoms with E-state index in [0.29, 0.717) is 12.4 Å². The van der Waals surface area contributed by atoms with E-state index >= 15 is 0 Å². The zero-order chi connectivity index (χ0) is 14.2. The topological polar surface area (TPSA) is 44.1 Å². The molecule has 1 aliphatic heterocycles. The molecule has 1 atom stereocenters. The van der Waals surface area contributed by atoms with Gasteiger partial charge >= 0.3 is 0 Å². The third-order valence-electron chi connectivity index (χ3n) is 3.60. The predicted octanol–water partition coefficient (Wildman–Crippen LogP) is 2.87. The van der Waals surface area contributed by atoms with Crippen LogP contribution in [0.4, 0.5) is 0 Å². The van der Waals surface area contributed by atoms with Gasteiger partial charge in [-0.3, -0.25) is 9.36 Å². The Balaban J connectivity index is 1.89. The Hall–Kier alpha value is -1.94. The Morgan fingerprint density at radius 2 is 2.10 bits per heavy atom. The van der Waals surface area contributed by atoms with Crippen molar-refractivity contribution in [3.8, 4) is 5.69 Å². The predicted molar refractivity (Wildman–Crippen MR) is 76.0 cm³/mol. The number of Topliss-reactive ketones (excluding diaryl/α,β-unsaturated/α-hetero) is 1. The van der Waals surface area contributed by atoms with Crippen LogP contribution in [0.1, 0.15) is 30.9 Å². The lowest BCUT2D eigenvalue weighted by atomic mass is 9.89. The Kier molecular flexibility index (Phi) is 3.18. The first-order valence-corrected chi connectivity index (χ1v) is 6.81. The Bertz CT molecular complexity index is 616. The van der Waals surface area contributed by atoms with E-state index in [0.717, 1.165) is 12.1 Å². The van der Waals surface area contributed by atoms with Crippen LogP contribution in [0.5, 0.6) is 0 Å². The Morgan fingerprint density at radius 1 is 1.35 bits per heavy atom. The van der Waals surface area contributed by atoms with E-state index in [2.05, 4.69) is 18.8 Å². The van der Waals surface area contributed by atoms with Crippen LogP contribution in [0.15, 0.2) is 42.7 Å². The second-order valence-corrected chi connectivity index (χ2v) is 5.99. The molecule has 0 spiro atoms. The normalized spacial score (nSPS) is 21.0. The summed E-state index contributed by atoms with van der Waals surface area (Å²) in [5.41, 5.74) is 0.996. The van der Waals surface area contributed by atoms with Crippen molar-refractivity contribution in [3.05, 3.63) is 48.5 Å². The summed E-state index contributed by atoms with van der Waals surface area (Å²) in [6.45, 7) is 4.85. The van der Waals surface area contributed by atoms with E-state index in [1.54, 1.807) is 6.20 Å². The summed E-state index contributed by atoms with van der Waals surface area (Å²) in [5, 5.41) is 0. The molecule has 1 aromatic heterocycles. The van der Waals surface area contributed by atoms with E-state index in [1.165, 1.54) is 0 Å². The fourth-order valence-electron chi connectivity index (χ4n) is 2.54. The lowest BCUT2D eigenvalue weighted by molar-refractivity contribution is 0.0611. The van der Waals surface area contributed by atoms with Crippen molar-refractivity contribution in [2.75, 3.05) is 6.61 Å². The minimum absolute atomic E-state index is 0.0376. The van der Waals surface area contributed by atoms with E-state index in [4.69, 9.17) is 4.74 Å². The minimum Gasteiger partial charge on any atom is -0.369 e. The zero-order valence-electron chi connectivity index (χ0n) is 11.7. The van der Waals surface area contributed by atoms with Gasteiger partial charge in [-0.2, -0.15) is 0 Å². The van der Waals surface area contributed by atoms with E-state index in [-0.39, 0.29) is 17.3 Å². The molecule has 2 aromatic rings. The lowest BCUT2D eigenvalue weighted by Crippen LogP contribution is -2.24. The number of carbonyl (C=O) groups excluding carboxylic acids is 1. The minimum atomic E-state index is -0.380. The van der Waals surface area contributed by atoms with Gasteiger partial charge in [-0.15, -0.1) is 0 Å². The number of hydrogen-bond acceptors (Lipinski definition) is 3. The van der Waals surface area contributed by atoms with Crippen LogP contribution in [-0.4, -0.2) is 28.0 Å². The number of hydrogen-bond donors (Lipinski definition) is 0. The third-order valence-corrected chi connectivity index (χ3v) is 3.60. The van der Waals surface area contributed by atoms with Gasteiger partial charge in [0, 0.05) is 18.1 Å². The number of carbonyl (C=O) groups is 1. The number of para-hydroxylation sites is 1. The number of benzene rings is 1. The highest BCUT2D eigenvalue weighted by atomic mass is 16.5. The summed E-state index contributed by atoms with van der Waals surface area (Å²) in [6, 6.07) is 9.75. The molecule has 1 saturated heterocycles. The Morgan fingerprint density at radius 3 is 2.75 bits per heavy atom. The monoisotopic (exact) mass is 270 g/mol. The lowest BCUT2D eigenvalue weighted by Gasteiger charge is -2.13. The average molecular weight is 270 g/mol. The molecule has 0 aliphatic carbocycles. The molecule has 4 heteroatoms.